The standard InChI is InChI=1S/C13H16BrNO2S/c14-13-4-3-12(18-13)11(17)7-15-8-1-2-9(15)6-10(16)5-8/h3-4,8-10,16H,1-2,5-7H2. The lowest BCUT2D eigenvalue weighted by molar-refractivity contribution is 0.0345. The molecule has 2 aliphatic heterocycles. The van der Waals surface area contributed by atoms with Gasteiger partial charge in [0.25, 0.3) is 0 Å². The number of ketones is 1. The summed E-state index contributed by atoms with van der Waals surface area (Å²) in [7, 11) is 0. The molecule has 0 saturated carbocycles. The molecule has 2 aliphatic rings. The van der Waals surface area contributed by atoms with Crippen LogP contribution in [-0.4, -0.2) is 40.5 Å². The summed E-state index contributed by atoms with van der Waals surface area (Å²) in [6, 6.07) is 4.63. The topological polar surface area (TPSA) is 40.5 Å². The minimum absolute atomic E-state index is 0.162. The maximum absolute atomic E-state index is 12.2. The first kappa shape index (κ1) is 12.8. The molecule has 0 amide bonds. The Kier molecular flexibility index (Phi) is 3.58. The molecule has 5 heteroatoms. The van der Waals surface area contributed by atoms with Crippen LogP contribution < -0.4 is 0 Å². The minimum Gasteiger partial charge on any atom is -0.393 e. The zero-order chi connectivity index (χ0) is 12.7. The zero-order valence-electron chi connectivity index (χ0n) is 10.0. The van der Waals surface area contributed by atoms with E-state index in [0.29, 0.717) is 18.6 Å². The highest BCUT2D eigenvalue weighted by atomic mass is 79.9. The van der Waals surface area contributed by atoms with Gasteiger partial charge in [0.2, 0.25) is 0 Å². The van der Waals surface area contributed by atoms with E-state index in [2.05, 4.69) is 20.8 Å². The van der Waals surface area contributed by atoms with Crippen molar-refractivity contribution >= 4 is 33.0 Å². The highest BCUT2D eigenvalue weighted by Gasteiger charge is 2.40. The molecule has 1 aromatic rings. The highest BCUT2D eigenvalue weighted by molar-refractivity contribution is 9.11. The normalized spacial score (nSPS) is 31.8. The SMILES string of the molecule is O=C(CN1C2CCC1CC(O)C2)c1ccc(Br)s1. The molecule has 0 radical (unpaired) electrons. The monoisotopic (exact) mass is 329 g/mol. The van der Waals surface area contributed by atoms with Gasteiger partial charge < -0.3 is 5.11 Å². The Balaban J connectivity index is 1.68. The second-order valence-corrected chi connectivity index (χ2v) is 7.67. The predicted molar refractivity (Wildman–Crippen MR) is 75.1 cm³/mol. The van der Waals surface area contributed by atoms with E-state index in [0.717, 1.165) is 34.3 Å². The van der Waals surface area contributed by atoms with Crippen LogP contribution >= 0.6 is 27.3 Å². The predicted octanol–water partition coefficient (Wildman–Crippen LogP) is 2.68. The first-order valence-corrected chi connectivity index (χ1v) is 7.97. The van der Waals surface area contributed by atoms with E-state index in [4.69, 9.17) is 0 Å². The van der Waals surface area contributed by atoms with Crippen LogP contribution in [0.25, 0.3) is 0 Å². The molecule has 0 aliphatic carbocycles. The van der Waals surface area contributed by atoms with Gasteiger partial charge in [0.1, 0.15) is 0 Å². The molecule has 3 heterocycles. The Morgan fingerprint density at radius 2 is 2.06 bits per heavy atom. The van der Waals surface area contributed by atoms with Crippen molar-refractivity contribution in [2.24, 2.45) is 0 Å². The molecule has 98 valence electrons. The number of carbonyl (C=O) groups is 1. The van der Waals surface area contributed by atoms with Crippen molar-refractivity contribution in [3.05, 3.63) is 20.8 Å². The summed E-state index contributed by atoms with van der Waals surface area (Å²) >= 11 is 4.89. The number of carbonyl (C=O) groups excluding carboxylic acids is 1. The van der Waals surface area contributed by atoms with Gasteiger partial charge in [0, 0.05) is 12.1 Å². The molecule has 1 N–H and O–H groups in total. The van der Waals surface area contributed by atoms with E-state index in [-0.39, 0.29) is 11.9 Å². The fourth-order valence-electron chi connectivity index (χ4n) is 3.21. The van der Waals surface area contributed by atoms with Crippen LogP contribution in [0.1, 0.15) is 35.4 Å². The first-order chi connectivity index (χ1) is 8.63. The molecular weight excluding hydrogens is 314 g/mol. The summed E-state index contributed by atoms with van der Waals surface area (Å²) in [5.74, 6) is 0.207. The second kappa shape index (κ2) is 5.04. The van der Waals surface area contributed by atoms with Crippen molar-refractivity contribution in [3.8, 4) is 0 Å². The third-order valence-electron chi connectivity index (χ3n) is 4.03. The Labute approximate surface area is 119 Å². The van der Waals surface area contributed by atoms with E-state index in [9.17, 15) is 9.90 Å². The third-order valence-corrected chi connectivity index (χ3v) is 5.70. The van der Waals surface area contributed by atoms with Gasteiger partial charge in [-0.25, -0.2) is 0 Å². The van der Waals surface area contributed by atoms with Gasteiger partial charge in [0.15, 0.2) is 5.78 Å². The fourth-order valence-corrected chi connectivity index (χ4v) is 4.53. The lowest BCUT2D eigenvalue weighted by Crippen LogP contribution is -2.46. The number of hydrogen-bond donors (Lipinski definition) is 1. The smallest absolute Gasteiger partial charge is 0.186 e. The summed E-state index contributed by atoms with van der Waals surface area (Å²) in [5.41, 5.74) is 0. The molecule has 18 heavy (non-hydrogen) atoms. The Bertz CT molecular complexity index is 448. The number of Topliss-reactive ketones (excluding diaryl/α,β-unsaturated/α-hetero) is 1. The molecular formula is C13H16BrNO2S. The molecule has 3 nitrogen and oxygen atoms in total. The summed E-state index contributed by atoms with van der Waals surface area (Å²) in [5, 5.41) is 9.75. The molecule has 2 unspecified atom stereocenters. The molecule has 2 saturated heterocycles. The van der Waals surface area contributed by atoms with Gasteiger partial charge in [-0.3, -0.25) is 9.69 Å². The van der Waals surface area contributed by atoms with E-state index in [1.807, 2.05) is 12.1 Å². The molecule has 0 spiro atoms. The van der Waals surface area contributed by atoms with E-state index in [1.165, 1.54) is 11.3 Å². The van der Waals surface area contributed by atoms with E-state index >= 15 is 0 Å². The van der Waals surface area contributed by atoms with Crippen molar-refractivity contribution < 1.29 is 9.90 Å². The van der Waals surface area contributed by atoms with Crippen LogP contribution in [0.15, 0.2) is 15.9 Å². The summed E-state index contributed by atoms with van der Waals surface area (Å²) in [4.78, 5) is 15.3. The van der Waals surface area contributed by atoms with Crippen molar-refractivity contribution in [2.75, 3.05) is 6.54 Å². The van der Waals surface area contributed by atoms with Gasteiger partial charge in [-0.05, 0) is 53.7 Å². The number of halogens is 1. The Morgan fingerprint density at radius 1 is 1.39 bits per heavy atom. The molecule has 3 rings (SSSR count). The van der Waals surface area contributed by atoms with Crippen molar-refractivity contribution in [3.63, 3.8) is 0 Å². The van der Waals surface area contributed by atoms with Gasteiger partial charge in [0.05, 0.1) is 21.3 Å². The molecule has 2 fully saturated rings. The largest absolute Gasteiger partial charge is 0.393 e. The summed E-state index contributed by atoms with van der Waals surface area (Å²) < 4.78 is 1.00. The van der Waals surface area contributed by atoms with Crippen molar-refractivity contribution in [1.29, 1.82) is 0 Å². The number of fused-ring (bicyclic) bond motifs is 2. The number of aliphatic hydroxyl groups excluding tert-OH is 1. The summed E-state index contributed by atoms with van der Waals surface area (Å²) in [6.07, 6.45) is 3.76. The molecule has 0 aromatic carbocycles. The number of nitrogens with zero attached hydrogens (tertiary/aromatic N) is 1. The number of thiophene rings is 1. The number of hydrogen-bond acceptors (Lipinski definition) is 4. The van der Waals surface area contributed by atoms with Crippen molar-refractivity contribution in [2.45, 2.75) is 43.9 Å². The molecule has 2 atom stereocenters. The number of rotatable bonds is 3. The minimum atomic E-state index is -0.162. The van der Waals surface area contributed by atoms with Crippen LogP contribution in [0.3, 0.4) is 0 Å². The average molecular weight is 330 g/mol. The Morgan fingerprint density at radius 3 is 2.61 bits per heavy atom. The highest BCUT2D eigenvalue weighted by Crippen LogP contribution is 2.36. The lowest BCUT2D eigenvalue weighted by atomic mass is 9.99. The number of piperidine rings is 1. The van der Waals surface area contributed by atoms with Gasteiger partial charge in [-0.1, -0.05) is 0 Å². The molecule has 2 bridgehead atoms. The van der Waals surface area contributed by atoms with Crippen LogP contribution in [-0.2, 0) is 0 Å². The second-order valence-electron chi connectivity index (χ2n) is 5.21. The lowest BCUT2D eigenvalue weighted by Gasteiger charge is -2.36. The van der Waals surface area contributed by atoms with E-state index < -0.39 is 0 Å². The van der Waals surface area contributed by atoms with E-state index in [1.54, 1.807) is 0 Å². The van der Waals surface area contributed by atoms with Gasteiger partial charge in [-0.2, -0.15) is 0 Å². The average Bonchev–Trinajstić information content (AvgIpc) is 2.83. The molecule has 1 aromatic heterocycles. The number of aliphatic hydroxyl groups is 1. The third kappa shape index (κ3) is 2.41. The first-order valence-electron chi connectivity index (χ1n) is 6.36. The van der Waals surface area contributed by atoms with Gasteiger partial charge in [-0.15, -0.1) is 11.3 Å². The van der Waals surface area contributed by atoms with Crippen LogP contribution in [0.2, 0.25) is 0 Å². The van der Waals surface area contributed by atoms with Crippen LogP contribution in [0.4, 0.5) is 0 Å². The zero-order valence-corrected chi connectivity index (χ0v) is 12.4. The van der Waals surface area contributed by atoms with Crippen LogP contribution in [0, 0.1) is 0 Å². The Hall–Kier alpha value is -0.230. The fraction of sp³-hybridized carbons (Fsp3) is 0.615. The maximum atomic E-state index is 12.2. The maximum Gasteiger partial charge on any atom is 0.186 e. The van der Waals surface area contributed by atoms with Gasteiger partial charge >= 0.3 is 0 Å². The van der Waals surface area contributed by atoms with Crippen LogP contribution in [0.5, 0.6) is 0 Å². The van der Waals surface area contributed by atoms with Crippen molar-refractivity contribution in [1.82, 2.24) is 4.90 Å². The quantitative estimate of drug-likeness (QED) is 0.867. The summed E-state index contributed by atoms with van der Waals surface area (Å²) in [6.45, 7) is 0.509.